The Hall–Kier alpha value is -2.76. The number of pyridine rings is 1. The van der Waals surface area contributed by atoms with Crippen LogP contribution >= 0.6 is 0 Å². The number of carbonyl (C=O) groups is 2. The molecule has 0 aliphatic carbocycles. The van der Waals surface area contributed by atoms with Crippen LogP contribution in [0.1, 0.15) is 51.6 Å². The van der Waals surface area contributed by atoms with Crippen molar-refractivity contribution in [2.24, 2.45) is 0 Å². The van der Waals surface area contributed by atoms with E-state index in [0.29, 0.717) is 13.1 Å². The SMILES string of the molecule is O=C(O)c1ccnc(C(=O)N2CCCC(c3ccc(F)cc3)CC2)c1. The molecule has 1 aliphatic rings. The summed E-state index contributed by atoms with van der Waals surface area (Å²) in [5, 5.41) is 9.05. The molecule has 0 saturated carbocycles. The Kier molecular flexibility index (Phi) is 5.07. The van der Waals surface area contributed by atoms with Crippen molar-refractivity contribution in [2.45, 2.75) is 25.2 Å². The van der Waals surface area contributed by atoms with Gasteiger partial charge < -0.3 is 10.0 Å². The normalized spacial score (nSPS) is 17.8. The molecular formula is C19H19FN2O3. The maximum Gasteiger partial charge on any atom is 0.335 e. The van der Waals surface area contributed by atoms with Crippen LogP contribution in [-0.4, -0.2) is 40.0 Å². The number of carbonyl (C=O) groups excluding carboxylic acids is 1. The van der Waals surface area contributed by atoms with E-state index in [9.17, 15) is 14.0 Å². The Bertz CT molecular complexity index is 776. The van der Waals surface area contributed by atoms with Gasteiger partial charge in [0, 0.05) is 19.3 Å². The van der Waals surface area contributed by atoms with Gasteiger partial charge in [-0.3, -0.25) is 9.78 Å². The van der Waals surface area contributed by atoms with Crippen LogP contribution in [0.2, 0.25) is 0 Å². The molecular weight excluding hydrogens is 323 g/mol. The zero-order chi connectivity index (χ0) is 17.8. The maximum absolute atomic E-state index is 13.1. The quantitative estimate of drug-likeness (QED) is 0.929. The monoisotopic (exact) mass is 342 g/mol. The predicted octanol–water partition coefficient (Wildman–Crippen LogP) is 3.33. The fraction of sp³-hybridized carbons (Fsp3) is 0.316. The van der Waals surface area contributed by atoms with Gasteiger partial charge in [-0.2, -0.15) is 0 Å². The lowest BCUT2D eigenvalue weighted by atomic mass is 9.92. The lowest BCUT2D eigenvalue weighted by Gasteiger charge is -2.20. The Morgan fingerprint density at radius 3 is 2.60 bits per heavy atom. The molecule has 1 aromatic heterocycles. The van der Waals surface area contributed by atoms with E-state index in [1.807, 2.05) is 0 Å². The molecule has 1 saturated heterocycles. The molecule has 1 N–H and O–H groups in total. The number of aromatic carboxylic acids is 1. The van der Waals surface area contributed by atoms with Gasteiger partial charge in [-0.05, 0) is 55.0 Å². The first-order chi connectivity index (χ1) is 12.0. The van der Waals surface area contributed by atoms with Gasteiger partial charge in [0.2, 0.25) is 0 Å². The second-order valence-electron chi connectivity index (χ2n) is 6.21. The Morgan fingerprint density at radius 2 is 1.88 bits per heavy atom. The molecule has 3 rings (SSSR count). The van der Waals surface area contributed by atoms with E-state index >= 15 is 0 Å². The molecule has 25 heavy (non-hydrogen) atoms. The fourth-order valence-corrected chi connectivity index (χ4v) is 3.21. The van der Waals surface area contributed by atoms with E-state index in [2.05, 4.69) is 4.98 Å². The summed E-state index contributed by atoms with van der Waals surface area (Å²) < 4.78 is 13.1. The minimum absolute atomic E-state index is 0.0531. The minimum Gasteiger partial charge on any atom is -0.478 e. The van der Waals surface area contributed by atoms with Crippen molar-refractivity contribution in [2.75, 3.05) is 13.1 Å². The number of halogens is 1. The van der Waals surface area contributed by atoms with Crippen molar-refractivity contribution in [1.82, 2.24) is 9.88 Å². The van der Waals surface area contributed by atoms with E-state index < -0.39 is 5.97 Å². The number of carboxylic acid groups (broad SMARTS) is 1. The van der Waals surface area contributed by atoms with Crippen LogP contribution in [0.15, 0.2) is 42.6 Å². The summed E-state index contributed by atoms with van der Waals surface area (Å²) >= 11 is 0. The van der Waals surface area contributed by atoms with Crippen LogP contribution in [-0.2, 0) is 0 Å². The predicted molar refractivity (Wildman–Crippen MR) is 90.1 cm³/mol. The highest BCUT2D eigenvalue weighted by Crippen LogP contribution is 2.28. The first kappa shape index (κ1) is 17.1. The smallest absolute Gasteiger partial charge is 0.335 e. The zero-order valence-corrected chi connectivity index (χ0v) is 13.7. The number of carboxylic acids is 1. The molecule has 0 spiro atoms. The van der Waals surface area contributed by atoms with E-state index in [1.54, 1.807) is 17.0 Å². The zero-order valence-electron chi connectivity index (χ0n) is 13.7. The maximum atomic E-state index is 13.1. The fourth-order valence-electron chi connectivity index (χ4n) is 3.21. The number of rotatable bonds is 3. The van der Waals surface area contributed by atoms with Crippen molar-refractivity contribution in [3.8, 4) is 0 Å². The Balaban J connectivity index is 1.70. The van der Waals surface area contributed by atoms with Crippen LogP contribution in [0.5, 0.6) is 0 Å². The van der Waals surface area contributed by atoms with Gasteiger partial charge in [0.15, 0.2) is 0 Å². The lowest BCUT2D eigenvalue weighted by molar-refractivity contribution is 0.0696. The van der Waals surface area contributed by atoms with Crippen molar-refractivity contribution in [1.29, 1.82) is 0 Å². The molecule has 1 amide bonds. The Labute approximate surface area is 145 Å². The van der Waals surface area contributed by atoms with Crippen LogP contribution in [0, 0.1) is 5.82 Å². The Morgan fingerprint density at radius 1 is 1.12 bits per heavy atom. The number of amides is 1. The summed E-state index contributed by atoms with van der Waals surface area (Å²) in [5.41, 5.74) is 1.29. The summed E-state index contributed by atoms with van der Waals surface area (Å²) in [4.78, 5) is 29.4. The molecule has 5 nitrogen and oxygen atoms in total. The van der Waals surface area contributed by atoms with Crippen molar-refractivity contribution in [3.63, 3.8) is 0 Å². The van der Waals surface area contributed by atoms with Crippen molar-refractivity contribution in [3.05, 3.63) is 65.2 Å². The van der Waals surface area contributed by atoms with Crippen LogP contribution < -0.4 is 0 Å². The standard InChI is InChI=1S/C19H19FN2O3/c20-16-5-3-14(4-6-16)13-2-1-10-22(11-8-13)18(23)17-12-15(19(24)25)7-9-21-17/h3-7,9,12-13H,1-2,8,10-11H2,(H,24,25). The molecule has 0 bridgehead atoms. The number of benzene rings is 1. The molecule has 1 aliphatic heterocycles. The van der Waals surface area contributed by atoms with Crippen LogP contribution in [0.4, 0.5) is 4.39 Å². The molecule has 1 fully saturated rings. The summed E-state index contributed by atoms with van der Waals surface area (Å²) in [6.07, 6.45) is 3.90. The third-order valence-corrected chi connectivity index (χ3v) is 4.58. The number of likely N-dealkylation sites (tertiary alicyclic amines) is 1. The largest absolute Gasteiger partial charge is 0.478 e. The van der Waals surface area contributed by atoms with Crippen molar-refractivity contribution >= 4 is 11.9 Å². The lowest BCUT2D eigenvalue weighted by Crippen LogP contribution is -2.32. The van der Waals surface area contributed by atoms with Crippen LogP contribution in [0.3, 0.4) is 0 Å². The molecule has 1 unspecified atom stereocenters. The van der Waals surface area contributed by atoms with Gasteiger partial charge >= 0.3 is 5.97 Å². The first-order valence-corrected chi connectivity index (χ1v) is 8.28. The number of aromatic nitrogens is 1. The van der Waals surface area contributed by atoms with Gasteiger partial charge in [0.25, 0.3) is 5.91 Å². The van der Waals surface area contributed by atoms with Crippen molar-refractivity contribution < 1.29 is 19.1 Å². The summed E-state index contributed by atoms with van der Waals surface area (Å²) in [6, 6.07) is 9.21. The minimum atomic E-state index is -1.08. The third kappa shape index (κ3) is 4.02. The average molecular weight is 342 g/mol. The number of hydrogen-bond donors (Lipinski definition) is 1. The number of hydrogen-bond acceptors (Lipinski definition) is 3. The highest BCUT2D eigenvalue weighted by molar-refractivity contribution is 5.95. The van der Waals surface area contributed by atoms with E-state index in [0.717, 1.165) is 24.8 Å². The molecule has 2 aromatic rings. The van der Waals surface area contributed by atoms with Crippen LogP contribution in [0.25, 0.3) is 0 Å². The highest BCUT2D eigenvalue weighted by Gasteiger charge is 2.23. The van der Waals surface area contributed by atoms with E-state index in [4.69, 9.17) is 5.11 Å². The molecule has 1 aromatic carbocycles. The first-order valence-electron chi connectivity index (χ1n) is 8.28. The van der Waals surface area contributed by atoms with Gasteiger partial charge in [0.05, 0.1) is 5.56 Å². The van der Waals surface area contributed by atoms with Gasteiger partial charge in [-0.15, -0.1) is 0 Å². The van der Waals surface area contributed by atoms with Gasteiger partial charge in [-0.1, -0.05) is 12.1 Å². The molecule has 2 heterocycles. The third-order valence-electron chi connectivity index (χ3n) is 4.58. The molecule has 6 heteroatoms. The average Bonchev–Trinajstić information content (AvgIpc) is 2.88. The molecule has 130 valence electrons. The van der Waals surface area contributed by atoms with Gasteiger partial charge in [0.1, 0.15) is 11.5 Å². The topological polar surface area (TPSA) is 70.5 Å². The second-order valence-corrected chi connectivity index (χ2v) is 6.21. The second kappa shape index (κ2) is 7.42. The van der Waals surface area contributed by atoms with E-state index in [1.165, 1.54) is 30.5 Å². The van der Waals surface area contributed by atoms with Gasteiger partial charge in [-0.25, -0.2) is 9.18 Å². The number of nitrogens with zero attached hydrogens (tertiary/aromatic N) is 2. The van der Waals surface area contributed by atoms with E-state index in [-0.39, 0.29) is 28.9 Å². The summed E-state index contributed by atoms with van der Waals surface area (Å²) in [7, 11) is 0. The summed E-state index contributed by atoms with van der Waals surface area (Å²) in [6.45, 7) is 1.18. The summed E-state index contributed by atoms with van der Waals surface area (Å²) in [5.74, 6) is -1.29. The molecule has 1 atom stereocenters. The molecule has 0 radical (unpaired) electrons. The highest BCUT2D eigenvalue weighted by atomic mass is 19.1.